The molecule has 0 saturated carbocycles. The van der Waals surface area contributed by atoms with Crippen LogP contribution in [0.3, 0.4) is 0 Å². The van der Waals surface area contributed by atoms with Gasteiger partial charge < -0.3 is 14.2 Å². The van der Waals surface area contributed by atoms with Gasteiger partial charge in [0, 0.05) is 24.9 Å². The predicted molar refractivity (Wildman–Crippen MR) is 101 cm³/mol. The Bertz CT molecular complexity index is 1030. The zero-order valence-electron chi connectivity index (χ0n) is 16.5. The molecule has 0 atom stereocenters. The molecular formula is C16H21N5O7S. The van der Waals surface area contributed by atoms with Crippen LogP contribution < -0.4 is 19.5 Å². The van der Waals surface area contributed by atoms with E-state index in [1.54, 1.807) is 19.9 Å². The molecule has 0 aliphatic carbocycles. The molecule has 0 unspecified atom stereocenters. The van der Waals surface area contributed by atoms with Gasteiger partial charge in [-0.15, -0.1) is 5.10 Å². The predicted octanol–water partition coefficient (Wildman–Crippen LogP) is 0.828. The summed E-state index contributed by atoms with van der Waals surface area (Å²) in [6.45, 7) is 3.24. The second kappa shape index (κ2) is 8.77. The molecule has 0 saturated heterocycles. The Morgan fingerprint density at radius 3 is 2.48 bits per heavy atom. The number of amides is 2. The molecule has 0 aliphatic heterocycles. The average molecular weight is 427 g/mol. The van der Waals surface area contributed by atoms with E-state index in [9.17, 15) is 18.0 Å². The van der Waals surface area contributed by atoms with E-state index in [2.05, 4.69) is 15.4 Å². The number of esters is 1. The number of methoxy groups -OCH3 is 2. The summed E-state index contributed by atoms with van der Waals surface area (Å²) in [6.07, 6.45) is 0. The molecule has 0 aromatic carbocycles. The van der Waals surface area contributed by atoms with Crippen molar-refractivity contribution in [2.45, 2.75) is 18.9 Å². The lowest BCUT2D eigenvalue weighted by molar-refractivity contribution is 0.0517. The molecule has 2 aromatic rings. The van der Waals surface area contributed by atoms with Crippen molar-refractivity contribution in [3.8, 4) is 11.6 Å². The minimum absolute atomic E-state index is 0.00510. The van der Waals surface area contributed by atoms with Gasteiger partial charge in [-0.3, -0.25) is 10.00 Å². The molecule has 13 heteroatoms. The number of aromatic nitrogens is 3. The highest BCUT2D eigenvalue weighted by Gasteiger charge is 2.34. The Kier molecular flexibility index (Phi) is 6.64. The van der Waals surface area contributed by atoms with Crippen molar-refractivity contribution >= 4 is 27.8 Å². The fourth-order valence-corrected chi connectivity index (χ4v) is 3.66. The van der Waals surface area contributed by atoms with Crippen molar-refractivity contribution in [3.63, 3.8) is 0 Å². The Morgan fingerprint density at radius 2 is 1.90 bits per heavy atom. The Hall–Kier alpha value is -3.35. The van der Waals surface area contributed by atoms with Crippen LogP contribution in [0.2, 0.25) is 0 Å². The maximum absolute atomic E-state index is 12.8. The summed E-state index contributed by atoms with van der Waals surface area (Å²) in [5.74, 6) is -0.709. The summed E-state index contributed by atoms with van der Waals surface area (Å²) in [5, 5.41) is 5.55. The normalized spacial score (nSPS) is 10.9. The standard InChI is InChI=1S/C16H21N5O7S/c1-6-28-15(22)12-13(27-5)19-21(3)14(12)29(24,25)20-16(23)18-11-8-10(26-4)7-9(2)17-11/h7-8H,6H2,1-5H3,(H2,17,18,20,23). The number of urea groups is 1. The lowest BCUT2D eigenvalue weighted by atomic mass is 10.3. The minimum atomic E-state index is -4.52. The summed E-state index contributed by atoms with van der Waals surface area (Å²) < 4.78 is 43.1. The molecule has 29 heavy (non-hydrogen) atoms. The lowest BCUT2D eigenvalue weighted by Crippen LogP contribution is -2.36. The van der Waals surface area contributed by atoms with Crippen molar-refractivity contribution in [3.05, 3.63) is 23.4 Å². The van der Waals surface area contributed by atoms with E-state index < -0.39 is 32.6 Å². The van der Waals surface area contributed by atoms with Crippen molar-refractivity contribution in [1.29, 1.82) is 0 Å². The van der Waals surface area contributed by atoms with Crippen molar-refractivity contribution in [2.75, 3.05) is 26.1 Å². The number of carbonyl (C=O) groups excluding carboxylic acids is 2. The number of nitrogens with one attached hydrogen (secondary N) is 2. The van der Waals surface area contributed by atoms with Gasteiger partial charge in [0.1, 0.15) is 11.6 Å². The molecule has 0 bridgehead atoms. The highest BCUT2D eigenvalue weighted by atomic mass is 32.2. The van der Waals surface area contributed by atoms with E-state index in [1.165, 1.54) is 27.3 Å². The molecule has 2 rings (SSSR count). The Balaban J connectivity index is 2.34. The van der Waals surface area contributed by atoms with Crippen molar-refractivity contribution in [2.24, 2.45) is 7.05 Å². The molecular weight excluding hydrogens is 406 g/mol. The maximum Gasteiger partial charge on any atom is 0.346 e. The number of aryl methyl sites for hydroxylation is 2. The largest absolute Gasteiger partial charge is 0.497 e. The van der Waals surface area contributed by atoms with Gasteiger partial charge in [-0.1, -0.05) is 0 Å². The van der Waals surface area contributed by atoms with Gasteiger partial charge in [0.2, 0.25) is 5.88 Å². The molecule has 12 nitrogen and oxygen atoms in total. The molecule has 0 aliphatic rings. The molecule has 2 N–H and O–H groups in total. The van der Waals surface area contributed by atoms with E-state index in [-0.39, 0.29) is 18.3 Å². The number of rotatable bonds is 7. The summed E-state index contributed by atoms with van der Waals surface area (Å²) in [6, 6.07) is 1.95. The van der Waals surface area contributed by atoms with Crippen LogP contribution >= 0.6 is 0 Å². The van der Waals surface area contributed by atoms with Gasteiger partial charge in [-0.05, 0) is 13.8 Å². The topological polar surface area (TPSA) is 151 Å². The summed E-state index contributed by atoms with van der Waals surface area (Å²) in [4.78, 5) is 28.5. The third-order valence-corrected chi connectivity index (χ3v) is 4.95. The Labute approximate surface area is 167 Å². The SMILES string of the molecule is CCOC(=O)c1c(OC)nn(C)c1S(=O)(=O)NC(=O)Nc1cc(OC)cc(C)n1. The maximum atomic E-state index is 12.8. The third kappa shape index (κ3) is 4.93. The number of carbonyl (C=O) groups is 2. The van der Waals surface area contributed by atoms with Crippen LogP contribution in [0.5, 0.6) is 11.6 Å². The number of hydrogen-bond donors (Lipinski definition) is 2. The first-order chi connectivity index (χ1) is 13.6. The number of hydrogen-bond acceptors (Lipinski definition) is 9. The van der Waals surface area contributed by atoms with Gasteiger partial charge in [0.25, 0.3) is 10.0 Å². The quantitative estimate of drug-likeness (QED) is 0.612. The second-order valence-corrected chi connectivity index (χ2v) is 7.22. The third-order valence-electron chi connectivity index (χ3n) is 3.52. The monoisotopic (exact) mass is 427 g/mol. The van der Waals surface area contributed by atoms with Crippen LogP contribution in [0.4, 0.5) is 10.6 Å². The van der Waals surface area contributed by atoms with E-state index >= 15 is 0 Å². The van der Waals surface area contributed by atoms with E-state index in [1.807, 2.05) is 4.72 Å². The molecule has 0 fully saturated rings. The van der Waals surface area contributed by atoms with Gasteiger partial charge >= 0.3 is 12.0 Å². The number of ether oxygens (including phenoxy) is 3. The van der Waals surface area contributed by atoms with Crippen molar-refractivity contribution < 1.29 is 32.2 Å². The lowest BCUT2D eigenvalue weighted by Gasteiger charge is -2.11. The first-order valence-corrected chi connectivity index (χ1v) is 9.75. The molecule has 0 radical (unpaired) electrons. The number of anilines is 1. The molecule has 2 heterocycles. The first-order valence-electron chi connectivity index (χ1n) is 8.27. The van der Waals surface area contributed by atoms with E-state index in [4.69, 9.17) is 14.2 Å². The first kappa shape index (κ1) is 21.9. The number of nitrogens with zero attached hydrogens (tertiary/aromatic N) is 3. The van der Waals surface area contributed by atoms with Crippen LogP contribution in [0.15, 0.2) is 17.2 Å². The minimum Gasteiger partial charge on any atom is -0.497 e. The van der Waals surface area contributed by atoms with Crippen molar-refractivity contribution in [1.82, 2.24) is 19.5 Å². The van der Waals surface area contributed by atoms with Crippen LogP contribution in [0.25, 0.3) is 0 Å². The van der Waals surface area contributed by atoms with Gasteiger partial charge in [-0.2, -0.15) is 8.42 Å². The number of pyridine rings is 1. The van der Waals surface area contributed by atoms with E-state index in [0.717, 1.165) is 4.68 Å². The summed E-state index contributed by atoms with van der Waals surface area (Å²) in [7, 11) is -0.577. The molecule has 2 amide bonds. The number of sulfonamides is 1. The van der Waals surface area contributed by atoms with Crippen LogP contribution in [0.1, 0.15) is 23.0 Å². The summed E-state index contributed by atoms with van der Waals surface area (Å²) in [5.41, 5.74) is 0.121. The summed E-state index contributed by atoms with van der Waals surface area (Å²) >= 11 is 0. The zero-order valence-corrected chi connectivity index (χ0v) is 17.3. The van der Waals surface area contributed by atoms with Crippen LogP contribution in [0, 0.1) is 6.92 Å². The average Bonchev–Trinajstić information content (AvgIpc) is 2.98. The van der Waals surface area contributed by atoms with Crippen LogP contribution in [-0.2, 0) is 21.8 Å². The molecule has 2 aromatic heterocycles. The second-order valence-electron chi connectivity index (χ2n) is 5.63. The van der Waals surface area contributed by atoms with E-state index in [0.29, 0.717) is 11.4 Å². The van der Waals surface area contributed by atoms with Gasteiger partial charge in [0.05, 0.1) is 20.8 Å². The highest BCUT2D eigenvalue weighted by Crippen LogP contribution is 2.26. The molecule has 0 spiro atoms. The fraction of sp³-hybridized carbons (Fsp3) is 0.375. The van der Waals surface area contributed by atoms with Gasteiger partial charge in [0.15, 0.2) is 10.6 Å². The molecule has 158 valence electrons. The van der Waals surface area contributed by atoms with Gasteiger partial charge in [-0.25, -0.2) is 19.3 Å². The highest BCUT2D eigenvalue weighted by molar-refractivity contribution is 7.90. The fourth-order valence-electron chi connectivity index (χ4n) is 2.44. The van der Waals surface area contributed by atoms with Crippen LogP contribution in [-0.4, -0.2) is 56.0 Å². The Morgan fingerprint density at radius 1 is 1.21 bits per heavy atom. The smallest absolute Gasteiger partial charge is 0.346 e. The zero-order chi connectivity index (χ0) is 21.8.